The van der Waals surface area contributed by atoms with Crippen molar-refractivity contribution in [3.8, 4) is 0 Å². The third-order valence-electron chi connectivity index (χ3n) is 5.18. The number of hydrogen-bond donors (Lipinski definition) is 3. The zero-order valence-electron chi connectivity index (χ0n) is 14.9. The minimum absolute atomic E-state index is 0.146. The molecule has 0 aromatic heterocycles. The molecular formula is C18H35N3O2. The van der Waals surface area contributed by atoms with Crippen LogP contribution in [0.15, 0.2) is 4.99 Å². The predicted octanol–water partition coefficient (Wildman–Crippen LogP) is 2.30. The molecule has 1 heterocycles. The summed E-state index contributed by atoms with van der Waals surface area (Å²) in [5.41, 5.74) is -0.159. The maximum absolute atomic E-state index is 9.50. The fourth-order valence-corrected chi connectivity index (χ4v) is 3.46. The van der Waals surface area contributed by atoms with Crippen molar-refractivity contribution in [1.29, 1.82) is 0 Å². The van der Waals surface area contributed by atoms with Crippen LogP contribution in [0.2, 0.25) is 0 Å². The molecule has 134 valence electrons. The number of hydrogen-bond acceptors (Lipinski definition) is 3. The van der Waals surface area contributed by atoms with Gasteiger partial charge in [0.1, 0.15) is 0 Å². The Hall–Kier alpha value is -0.810. The summed E-state index contributed by atoms with van der Waals surface area (Å²) in [6.45, 7) is 7.17. The van der Waals surface area contributed by atoms with Gasteiger partial charge in [-0.1, -0.05) is 32.1 Å². The summed E-state index contributed by atoms with van der Waals surface area (Å²) in [7, 11) is 0. The van der Waals surface area contributed by atoms with Crippen LogP contribution in [0.3, 0.4) is 0 Å². The van der Waals surface area contributed by atoms with E-state index in [4.69, 9.17) is 4.74 Å². The van der Waals surface area contributed by atoms with Crippen LogP contribution in [0, 0.1) is 11.3 Å². The van der Waals surface area contributed by atoms with Gasteiger partial charge in [-0.3, -0.25) is 4.99 Å². The minimum atomic E-state index is -0.159. The summed E-state index contributed by atoms with van der Waals surface area (Å²) >= 11 is 0. The van der Waals surface area contributed by atoms with Crippen LogP contribution in [0.25, 0.3) is 0 Å². The highest BCUT2D eigenvalue weighted by molar-refractivity contribution is 5.80. The van der Waals surface area contributed by atoms with Crippen molar-refractivity contribution in [1.82, 2.24) is 10.6 Å². The van der Waals surface area contributed by atoms with E-state index in [1.54, 1.807) is 0 Å². The van der Waals surface area contributed by atoms with E-state index in [1.165, 1.54) is 44.9 Å². The number of aliphatic imine (C=N–C) groups is 1. The van der Waals surface area contributed by atoms with Crippen LogP contribution in [-0.2, 0) is 4.74 Å². The number of rotatable bonds is 8. The molecular weight excluding hydrogens is 290 g/mol. The number of aliphatic hydroxyl groups is 1. The Morgan fingerprint density at radius 1 is 1.30 bits per heavy atom. The average Bonchev–Trinajstić information content (AvgIpc) is 2.53. The first kappa shape index (κ1) is 18.5. The monoisotopic (exact) mass is 325 g/mol. The molecule has 1 atom stereocenters. The van der Waals surface area contributed by atoms with Gasteiger partial charge in [-0.2, -0.15) is 0 Å². The molecule has 2 rings (SSSR count). The van der Waals surface area contributed by atoms with Gasteiger partial charge in [0, 0.05) is 12.6 Å². The quantitative estimate of drug-likeness (QED) is 0.473. The third kappa shape index (κ3) is 5.96. The second kappa shape index (κ2) is 9.48. The highest BCUT2D eigenvalue weighted by Crippen LogP contribution is 2.28. The average molecular weight is 325 g/mol. The Kier molecular flexibility index (Phi) is 7.63. The molecule has 0 aromatic carbocycles. The van der Waals surface area contributed by atoms with Gasteiger partial charge in [0.25, 0.3) is 0 Å². The first-order valence-electron chi connectivity index (χ1n) is 9.41. The van der Waals surface area contributed by atoms with Crippen molar-refractivity contribution in [2.45, 2.75) is 64.8 Å². The van der Waals surface area contributed by atoms with E-state index in [0.717, 1.165) is 18.4 Å². The first-order chi connectivity index (χ1) is 11.2. The van der Waals surface area contributed by atoms with E-state index in [-0.39, 0.29) is 12.0 Å². The molecule has 3 N–H and O–H groups in total. The van der Waals surface area contributed by atoms with E-state index < -0.39 is 0 Å². The van der Waals surface area contributed by atoms with Crippen LogP contribution < -0.4 is 10.6 Å². The Morgan fingerprint density at radius 2 is 2.04 bits per heavy atom. The maximum atomic E-state index is 9.50. The normalized spacial score (nSPS) is 23.2. The van der Waals surface area contributed by atoms with Crippen molar-refractivity contribution in [3.63, 3.8) is 0 Å². The molecule has 2 aliphatic rings. The van der Waals surface area contributed by atoms with E-state index >= 15 is 0 Å². The molecule has 0 amide bonds. The number of nitrogens with one attached hydrogen (secondary N) is 2. The highest BCUT2D eigenvalue weighted by atomic mass is 16.5. The predicted molar refractivity (Wildman–Crippen MR) is 94.7 cm³/mol. The Labute approximate surface area is 141 Å². The first-order valence-corrected chi connectivity index (χ1v) is 9.41. The fraction of sp³-hybridized carbons (Fsp3) is 0.944. The van der Waals surface area contributed by atoms with Crippen LogP contribution in [0.4, 0.5) is 0 Å². The molecule has 1 unspecified atom stereocenters. The fourth-order valence-electron chi connectivity index (χ4n) is 3.46. The maximum Gasteiger partial charge on any atom is 0.191 e. The molecule has 23 heavy (non-hydrogen) atoms. The minimum Gasteiger partial charge on any atom is -0.396 e. The largest absolute Gasteiger partial charge is 0.396 e. The summed E-state index contributed by atoms with van der Waals surface area (Å²) in [6, 6.07) is 0.428. The van der Waals surface area contributed by atoms with Crippen molar-refractivity contribution >= 4 is 5.96 Å². The summed E-state index contributed by atoms with van der Waals surface area (Å²) in [6.07, 6.45) is 9.62. The summed E-state index contributed by atoms with van der Waals surface area (Å²) in [5.74, 6) is 1.79. The molecule has 1 aliphatic heterocycles. The lowest BCUT2D eigenvalue weighted by molar-refractivity contribution is -0.130. The van der Waals surface area contributed by atoms with E-state index in [2.05, 4.69) is 29.5 Å². The van der Waals surface area contributed by atoms with E-state index in [9.17, 15) is 5.11 Å². The number of ether oxygens (including phenoxy) is 1. The van der Waals surface area contributed by atoms with Crippen molar-refractivity contribution in [2.75, 3.05) is 32.9 Å². The van der Waals surface area contributed by atoms with Crippen LogP contribution >= 0.6 is 0 Å². The standard InChI is InChI=1S/C18H35N3O2/c1-3-19-17(20-11-18(12-22)13-23-14-18)21-15(2)9-10-16-7-5-4-6-8-16/h15-16,22H,3-14H2,1-2H3,(H2,19,20,21). The Bertz CT molecular complexity index is 358. The molecule has 0 bridgehead atoms. The molecule has 1 saturated heterocycles. The second-order valence-corrected chi connectivity index (χ2v) is 7.47. The molecule has 0 radical (unpaired) electrons. The molecule has 5 heteroatoms. The number of aliphatic hydroxyl groups excluding tert-OH is 1. The molecule has 0 aromatic rings. The summed E-state index contributed by atoms with van der Waals surface area (Å²) < 4.78 is 5.24. The van der Waals surface area contributed by atoms with Crippen LogP contribution in [-0.4, -0.2) is 50.0 Å². The van der Waals surface area contributed by atoms with Crippen LogP contribution in [0.1, 0.15) is 58.8 Å². The summed E-state index contributed by atoms with van der Waals surface area (Å²) in [4.78, 5) is 4.67. The van der Waals surface area contributed by atoms with Crippen molar-refractivity contribution in [2.24, 2.45) is 16.3 Å². The van der Waals surface area contributed by atoms with Gasteiger partial charge in [-0.25, -0.2) is 0 Å². The SMILES string of the molecule is CCNC(=NCC1(CO)COC1)NC(C)CCC1CCCCC1. The van der Waals surface area contributed by atoms with Gasteiger partial charge in [-0.15, -0.1) is 0 Å². The lowest BCUT2D eigenvalue weighted by Gasteiger charge is -2.38. The van der Waals surface area contributed by atoms with Gasteiger partial charge >= 0.3 is 0 Å². The lowest BCUT2D eigenvalue weighted by Crippen LogP contribution is -2.49. The van der Waals surface area contributed by atoms with Crippen molar-refractivity contribution < 1.29 is 9.84 Å². The van der Waals surface area contributed by atoms with E-state index in [1.807, 2.05) is 0 Å². The smallest absolute Gasteiger partial charge is 0.191 e. The number of guanidine groups is 1. The van der Waals surface area contributed by atoms with Crippen LogP contribution in [0.5, 0.6) is 0 Å². The molecule has 5 nitrogen and oxygen atoms in total. The highest BCUT2D eigenvalue weighted by Gasteiger charge is 2.38. The summed E-state index contributed by atoms with van der Waals surface area (Å²) in [5, 5.41) is 16.3. The van der Waals surface area contributed by atoms with Crippen molar-refractivity contribution in [3.05, 3.63) is 0 Å². The topological polar surface area (TPSA) is 65.9 Å². The van der Waals surface area contributed by atoms with Gasteiger partial charge in [0.15, 0.2) is 5.96 Å². The second-order valence-electron chi connectivity index (χ2n) is 7.47. The third-order valence-corrected chi connectivity index (χ3v) is 5.18. The Morgan fingerprint density at radius 3 is 2.61 bits per heavy atom. The van der Waals surface area contributed by atoms with E-state index in [0.29, 0.717) is 25.8 Å². The Balaban J connectivity index is 1.75. The van der Waals surface area contributed by atoms with Gasteiger partial charge in [-0.05, 0) is 32.6 Å². The molecule has 1 aliphatic carbocycles. The lowest BCUT2D eigenvalue weighted by atomic mass is 9.85. The zero-order chi connectivity index (χ0) is 16.5. The van der Waals surface area contributed by atoms with Gasteiger partial charge < -0.3 is 20.5 Å². The van der Waals surface area contributed by atoms with Gasteiger partial charge in [0.05, 0.1) is 31.8 Å². The molecule has 2 fully saturated rings. The molecule has 1 saturated carbocycles. The van der Waals surface area contributed by atoms with Gasteiger partial charge in [0.2, 0.25) is 0 Å². The zero-order valence-corrected chi connectivity index (χ0v) is 14.9. The number of nitrogens with zero attached hydrogens (tertiary/aromatic N) is 1. The molecule has 0 spiro atoms.